The molecule has 228 valence electrons. The monoisotopic (exact) mass is 598 g/mol. The smallest absolute Gasteiger partial charge is 0.410 e. The van der Waals surface area contributed by atoms with Crippen molar-refractivity contribution in [2.45, 2.75) is 58.7 Å². The van der Waals surface area contributed by atoms with Crippen LogP contribution < -0.4 is 10.5 Å². The molecule has 4 aromatic rings. The molecule has 0 aliphatic rings. The van der Waals surface area contributed by atoms with E-state index >= 15 is 0 Å². The van der Waals surface area contributed by atoms with Gasteiger partial charge in [0.15, 0.2) is 0 Å². The van der Waals surface area contributed by atoms with Crippen LogP contribution >= 0.6 is 0 Å². The van der Waals surface area contributed by atoms with Crippen LogP contribution in [0.25, 0.3) is 22.1 Å². The number of fused-ring (bicyclic) bond motifs is 1. The van der Waals surface area contributed by atoms with Gasteiger partial charge in [0.05, 0.1) is 19.2 Å². The molecule has 3 aromatic carbocycles. The maximum atomic E-state index is 13.6. The SMILES string of the molecule is CC(C)(C)OC(=O)N(Cc1cc(-c2cccc(CN)c2)cc2c(COc3ccccc3CC(=O)O)coc12)CC(F)(F)F. The van der Waals surface area contributed by atoms with Gasteiger partial charge in [0.1, 0.15) is 30.1 Å². The fourth-order valence-corrected chi connectivity index (χ4v) is 4.58. The van der Waals surface area contributed by atoms with E-state index in [9.17, 15) is 27.9 Å². The molecule has 0 bridgehead atoms. The van der Waals surface area contributed by atoms with Crippen molar-refractivity contribution in [3.8, 4) is 16.9 Å². The number of halogens is 3. The highest BCUT2D eigenvalue weighted by Gasteiger charge is 2.35. The third-order valence-corrected chi connectivity index (χ3v) is 6.41. The Kier molecular flexibility index (Phi) is 9.34. The second-order valence-electron chi connectivity index (χ2n) is 11.1. The van der Waals surface area contributed by atoms with E-state index in [0.717, 1.165) is 11.1 Å². The molecule has 4 rings (SSSR count). The largest absolute Gasteiger partial charge is 0.488 e. The number of furan rings is 1. The van der Waals surface area contributed by atoms with E-state index in [-0.39, 0.29) is 18.6 Å². The minimum atomic E-state index is -4.67. The van der Waals surface area contributed by atoms with Crippen LogP contribution in [0.2, 0.25) is 0 Å². The molecule has 0 saturated heterocycles. The van der Waals surface area contributed by atoms with Crippen molar-refractivity contribution in [2.75, 3.05) is 6.54 Å². The maximum absolute atomic E-state index is 13.6. The van der Waals surface area contributed by atoms with Crippen LogP contribution in [0, 0.1) is 0 Å². The summed E-state index contributed by atoms with van der Waals surface area (Å²) in [6, 6.07) is 17.7. The van der Waals surface area contributed by atoms with Gasteiger partial charge in [-0.2, -0.15) is 13.2 Å². The number of para-hydroxylation sites is 1. The first-order valence-corrected chi connectivity index (χ1v) is 13.5. The van der Waals surface area contributed by atoms with Crippen molar-refractivity contribution in [1.29, 1.82) is 0 Å². The molecule has 0 aliphatic carbocycles. The number of carboxylic acid groups (broad SMARTS) is 1. The summed E-state index contributed by atoms with van der Waals surface area (Å²) in [6.07, 6.45) is -4.57. The second-order valence-corrected chi connectivity index (χ2v) is 11.1. The van der Waals surface area contributed by atoms with Crippen LogP contribution in [0.15, 0.2) is 71.3 Å². The number of nitrogens with zero attached hydrogens (tertiary/aromatic N) is 1. The molecule has 0 radical (unpaired) electrons. The van der Waals surface area contributed by atoms with Gasteiger partial charge in [-0.3, -0.25) is 9.69 Å². The van der Waals surface area contributed by atoms with Gasteiger partial charge in [-0.15, -0.1) is 0 Å². The summed E-state index contributed by atoms with van der Waals surface area (Å²) in [4.78, 5) is 24.8. The lowest BCUT2D eigenvalue weighted by atomic mass is 9.97. The minimum absolute atomic E-state index is 0.00625. The standard InChI is InChI=1S/C32H33F3N2O6/c1-31(2,3)43-30(40)37(19-32(33,34)35)16-24-12-23(21-9-6-7-20(11-21)15-36)13-26-25(18-42-29(24)26)17-41-27-10-5-4-8-22(27)14-28(38)39/h4-13,18H,14-17,19,36H2,1-3H3,(H,38,39). The fraction of sp³-hybridized carbons (Fsp3) is 0.312. The molecule has 3 N–H and O–H groups in total. The lowest BCUT2D eigenvalue weighted by Crippen LogP contribution is -2.41. The Bertz CT molecular complexity index is 1610. The van der Waals surface area contributed by atoms with Crippen LogP contribution in [-0.2, 0) is 35.6 Å². The summed E-state index contributed by atoms with van der Waals surface area (Å²) in [6.45, 7) is 3.06. The zero-order valence-electron chi connectivity index (χ0n) is 24.0. The van der Waals surface area contributed by atoms with Crippen LogP contribution in [-0.4, -0.2) is 40.4 Å². The third-order valence-electron chi connectivity index (χ3n) is 6.41. The summed E-state index contributed by atoms with van der Waals surface area (Å²) < 4.78 is 57.9. The second kappa shape index (κ2) is 12.8. The summed E-state index contributed by atoms with van der Waals surface area (Å²) in [7, 11) is 0. The number of carbonyl (C=O) groups excluding carboxylic acids is 1. The molecule has 0 unspecified atom stereocenters. The Morgan fingerprint density at radius 1 is 0.953 bits per heavy atom. The quantitative estimate of drug-likeness (QED) is 0.201. The van der Waals surface area contributed by atoms with E-state index in [1.54, 1.807) is 51.1 Å². The number of nitrogens with two attached hydrogens (primary N) is 1. The molecule has 1 heterocycles. The Labute approximate surface area is 246 Å². The fourth-order valence-electron chi connectivity index (χ4n) is 4.58. The maximum Gasteiger partial charge on any atom is 0.410 e. The number of alkyl halides is 3. The molecule has 8 nitrogen and oxygen atoms in total. The van der Waals surface area contributed by atoms with Crippen LogP contribution in [0.4, 0.5) is 18.0 Å². The van der Waals surface area contributed by atoms with E-state index < -0.39 is 36.9 Å². The van der Waals surface area contributed by atoms with Crippen LogP contribution in [0.5, 0.6) is 5.75 Å². The topological polar surface area (TPSA) is 115 Å². The van der Waals surface area contributed by atoms with Crippen molar-refractivity contribution in [3.63, 3.8) is 0 Å². The van der Waals surface area contributed by atoms with E-state index in [1.807, 2.05) is 30.3 Å². The molecule has 1 amide bonds. The first-order valence-electron chi connectivity index (χ1n) is 13.5. The van der Waals surface area contributed by atoms with E-state index in [1.165, 1.54) is 6.26 Å². The lowest BCUT2D eigenvalue weighted by molar-refractivity contribution is -0.145. The van der Waals surface area contributed by atoms with Gasteiger partial charge in [0, 0.05) is 28.6 Å². The molecule has 0 spiro atoms. The highest BCUT2D eigenvalue weighted by atomic mass is 19.4. The highest BCUT2D eigenvalue weighted by Crippen LogP contribution is 2.34. The zero-order chi connectivity index (χ0) is 31.4. The summed E-state index contributed by atoms with van der Waals surface area (Å²) >= 11 is 0. The van der Waals surface area contributed by atoms with Gasteiger partial charge in [0.25, 0.3) is 0 Å². The molecule has 43 heavy (non-hydrogen) atoms. The van der Waals surface area contributed by atoms with Crippen molar-refractivity contribution in [2.24, 2.45) is 5.73 Å². The van der Waals surface area contributed by atoms with Crippen molar-refractivity contribution in [3.05, 3.63) is 89.2 Å². The van der Waals surface area contributed by atoms with Gasteiger partial charge in [-0.1, -0.05) is 36.4 Å². The Morgan fingerprint density at radius 2 is 1.70 bits per heavy atom. The van der Waals surface area contributed by atoms with Gasteiger partial charge in [-0.05, 0) is 61.7 Å². The van der Waals surface area contributed by atoms with Gasteiger partial charge in [-0.25, -0.2) is 4.79 Å². The molecular weight excluding hydrogens is 565 g/mol. The van der Waals surface area contributed by atoms with Crippen molar-refractivity contribution in [1.82, 2.24) is 4.90 Å². The summed E-state index contributed by atoms with van der Waals surface area (Å²) in [5.74, 6) is -0.625. The van der Waals surface area contributed by atoms with Gasteiger partial charge >= 0.3 is 18.2 Å². The van der Waals surface area contributed by atoms with E-state index in [4.69, 9.17) is 19.6 Å². The predicted molar refractivity (Wildman–Crippen MR) is 154 cm³/mol. The van der Waals surface area contributed by atoms with E-state index in [0.29, 0.717) is 44.8 Å². The molecule has 0 saturated carbocycles. The number of ether oxygens (including phenoxy) is 2. The number of hydrogen-bond acceptors (Lipinski definition) is 6. The van der Waals surface area contributed by atoms with Crippen molar-refractivity contribution >= 4 is 23.0 Å². The Hall–Kier alpha value is -4.51. The molecule has 0 fully saturated rings. The number of hydrogen-bond donors (Lipinski definition) is 2. The average molecular weight is 599 g/mol. The molecular formula is C32H33F3N2O6. The van der Waals surface area contributed by atoms with Gasteiger partial charge in [0.2, 0.25) is 0 Å². The van der Waals surface area contributed by atoms with Crippen LogP contribution in [0.3, 0.4) is 0 Å². The molecule has 11 heteroatoms. The highest BCUT2D eigenvalue weighted by molar-refractivity contribution is 5.89. The number of rotatable bonds is 10. The predicted octanol–water partition coefficient (Wildman–Crippen LogP) is 7.06. The van der Waals surface area contributed by atoms with Crippen LogP contribution in [0.1, 0.15) is 43.0 Å². The lowest BCUT2D eigenvalue weighted by Gasteiger charge is -2.28. The van der Waals surface area contributed by atoms with Gasteiger partial charge < -0.3 is 24.7 Å². The normalized spacial score (nSPS) is 11.9. The summed E-state index contributed by atoms with van der Waals surface area (Å²) in [5.41, 5.74) is 8.81. The number of aliphatic carboxylic acids is 1. The first kappa shape index (κ1) is 31.4. The number of carboxylic acids is 1. The summed E-state index contributed by atoms with van der Waals surface area (Å²) in [5, 5.41) is 9.82. The van der Waals surface area contributed by atoms with Crippen molar-refractivity contribution < 1.29 is 41.8 Å². The number of carbonyl (C=O) groups is 2. The molecule has 0 aliphatic heterocycles. The molecule has 0 atom stereocenters. The average Bonchev–Trinajstić information content (AvgIpc) is 3.33. The Balaban J connectivity index is 1.78. The minimum Gasteiger partial charge on any atom is -0.488 e. The number of benzene rings is 3. The molecule has 1 aromatic heterocycles. The number of amides is 1. The Morgan fingerprint density at radius 3 is 2.37 bits per heavy atom. The first-order chi connectivity index (χ1) is 20.2. The zero-order valence-corrected chi connectivity index (χ0v) is 24.0. The third kappa shape index (κ3) is 8.51. The van der Waals surface area contributed by atoms with E-state index in [2.05, 4.69) is 0 Å².